The van der Waals surface area contributed by atoms with Crippen molar-refractivity contribution in [2.45, 2.75) is 220 Å². The topological polar surface area (TPSA) is 311 Å². The maximum Gasteiger partial charge on any atom is 0.410 e. The van der Waals surface area contributed by atoms with Gasteiger partial charge in [0.2, 0.25) is 29.5 Å². The summed E-state index contributed by atoms with van der Waals surface area (Å²) in [7, 11) is 8.88. The van der Waals surface area contributed by atoms with Gasteiger partial charge < -0.3 is 55.7 Å². The lowest BCUT2D eigenvalue weighted by Crippen LogP contribution is -2.51. The van der Waals surface area contributed by atoms with Crippen molar-refractivity contribution in [1.29, 1.82) is 0 Å². The van der Waals surface area contributed by atoms with Gasteiger partial charge in [-0.05, 0) is 119 Å². The van der Waals surface area contributed by atoms with Gasteiger partial charge in [-0.25, -0.2) is 9.59 Å². The molecule has 4 rings (SSSR count). The summed E-state index contributed by atoms with van der Waals surface area (Å²) in [6.45, 7) is 21.7. The molecular weight excluding hydrogens is 1270 g/mol. The number of ether oxygens (including phenoxy) is 3. The molecule has 23 nitrogen and oxygen atoms in total. The number of anilines is 1. The van der Waals surface area contributed by atoms with Gasteiger partial charge in [-0.2, -0.15) is 11.8 Å². The van der Waals surface area contributed by atoms with Gasteiger partial charge in [-0.1, -0.05) is 125 Å². The van der Waals surface area contributed by atoms with Crippen LogP contribution in [-0.4, -0.2) is 192 Å². The minimum atomic E-state index is -0.845. The fraction of sp³-hybridized carbons (Fsp3) is 0.689. The molecule has 98 heavy (non-hydrogen) atoms. The Morgan fingerprint density at radius 3 is 1.96 bits per heavy atom. The minimum absolute atomic E-state index is 0.0209. The Morgan fingerprint density at radius 2 is 1.42 bits per heavy atom. The van der Waals surface area contributed by atoms with Crippen LogP contribution in [0.3, 0.4) is 0 Å². The highest BCUT2D eigenvalue weighted by molar-refractivity contribution is 8.00. The van der Waals surface area contributed by atoms with E-state index in [0.29, 0.717) is 62.4 Å². The van der Waals surface area contributed by atoms with Gasteiger partial charge in [0.25, 0.3) is 0 Å². The highest BCUT2D eigenvalue weighted by Crippen LogP contribution is 2.33. The molecular formula is C74H118N8O15S. The molecule has 0 radical (unpaired) electrons. The lowest BCUT2D eigenvalue weighted by molar-refractivity contribution is -0.142. The fourth-order valence-electron chi connectivity index (χ4n) is 13.4. The molecule has 0 spiro atoms. The average Bonchev–Trinajstić information content (AvgIpc) is 1.63. The van der Waals surface area contributed by atoms with Crippen LogP contribution < -0.4 is 21.7 Å². The number of likely N-dealkylation sites (N-methyl/N-ethyl adjacent to an activating group) is 2. The molecule has 2 aromatic rings. The monoisotopic (exact) mass is 1390 g/mol. The number of thioether (sulfide) groups is 1. The van der Waals surface area contributed by atoms with Gasteiger partial charge in [0, 0.05) is 102 Å². The number of aliphatic hydroxyl groups is 1. The summed E-state index contributed by atoms with van der Waals surface area (Å²) in [5.74, 6) is -3.56. The molecule has 2 unspecified atom stereocenters. The Labute approximate surface area is 587 Å². The summed E-state index contributed by atoms with van der Waals surface area (Å²) in [6, 6.07) is 13.7. The van der Waals surface area contributed by atoms with E-state index in [1.165, 1.54) is 35.5 Å². The number of nitrogens with zero attached hydrogens (tertiary/aromatic N) is 4. The number of aliphatic hydroxyl groups excluding tert-OH is 1. The normalized spacial score (nSPS) is 18.1. The Morgan fingerprint density at radius 1 is 0.765 bits per heavy atom. The number of hydrogen-bond acceptors (Lipinski definition) is 17. The number of likely N-dealkylation sites (tertiary alicyclic amines) is 2. The van der Waals surface area contributed by atoms with E-state index in [2.05, 4.69) is 34.7 Å². The van der Waals surface area contributed by atoms with E-state index in [1.54, 1.807) is 58.6 Å². The molecule has 2 fully saturated rings. The van der Waals surface area contributed by atoms with Crippen LogP contribution >= 0.6 is 11.8 Å². The van der Waals surface area contributed by atoms with E-state index in [0.717, 1.165) is 24.8 Å². The van der Waals surface area contributed by atoms with Crippen molar-refractivity contribution in [1.82, 2.24) is 30.2 Å². The predicted molar refractivity (Wildman–Crippen MR) is 381 cm³/mol. The zero-order valence-electron chi connectivity index (χ0n) is 61.6. The Kier molecular flexibility index (Phi) is 37.7. The summed E-state index contributed by atoms with van der Waals surface area (Å²) in [6.07, 6.45) is 5.58. The molecule has 550 valence electrons. The summed E-state index contributed by atoms with van der Waals surface area (Å²) >= 11 is 1.36. The number of ketones is 4. The second-order valence-electron chi connectivity index (χ2n) is 28.0. The maximum absolute atomic E-state index is 13.7. The van der Waals surface area contributed by atoms with Crippen LogP contribution in [0.15, 0.2) is 54.6 Å². The van der Waals surface area contributed by atoms with Crippen LogP contribution in [0.25, 0.3) is 0 Å². The lowest BCUT2D eigenvalue weighted by atomic mass is 9.84. The standard InChI is InChI=1S/C44H68N6O10S.C30H50N2O5/c1-26(2)33(29(7)51)23-35(53)40(28(5)6)49(8)44(59)60-25-30-16-18-32(19-17-30)47-41(56)31(14-13-20-46-43(45)58)22-34(52)39(27(3)4)48-37(54)15-11-10-12-21-50-38(55)24-36(61-9)42(50)57;1-9-20(2)28(31(5)6)26(36-7)19-27(34)32-17-13-16-24(32)30(37-8)22(4)25(33)18-21(3)29(35)23-14-11-10-12-15-23/h16-19,26-28,31,33,36,39-40H,10-15,20-25H2,1-9H3,(H,47,56)(H,48,54)(H3,45,46,58);10-12,14-15,20-22,24,26,28-30,35H,9,13,16-19H2,1-8H3/t31-,33?,36?,39+,40+;20-,21-,22-,24-,26+,28-,29+,30+/m10/s1. The van der Waals surface area contributed by atoms with Crippen molar-refractivity contribution in [3.8, 4) is 0 Å². The van der Waals surface area contributed by atoms with E-state index in [-0.39, 0.29) is 158 Å². The second kappa shape index (κ2) is 43.1. The number of carbonyl (C=O) groups excluding carboxylic acids is 11. The highest BCUT2D eigenvalue weighted by Gasteiger charge is 2.43. The van der Waals surface area contributed by atoms with E-state index < -0.39 is 48.1 Å². The van der Waals surface area contributed by atoms with Gasteiger partial charge in [0.05, 0.1) is 48.1 Å². The predicted octanol–water partition coefficient (Wildman–Crippen LogP) is 9.59. The lowest BCUT2D eigenvalue weighted by Gasteiger charge is -2.38. The van der Waals surface area contributed by atoms with E-state index in [9.17, 15) is 57.8 Å². The van der Waals surface area contributed by atoms with Crippen LogP contribution in [0.2, 0.25) is 0 Å². The zero-order chi connectivity index (χ0) is 73.7. The third-order valence-electron chi connectivity index (χ3n) is 19.3. The number of rotatable bonds is 42. The number of nitrogens with one attached hydrogen (secondary N) is 3. The number of primary amides is 1. The molecule has 0 saturated carbocycles. The molecule has 2 aliphatic rings. The van der Waals surface area contributed by atoms with Crippen LogP contribution in [0, 0.1) is 47.3 Å². The number of hydrogen-bond donors (Lipinski definition) is 5. The molecule has 13 atom stereocenters. The number of urea groups is 1. The van der Waals surface area contributed by atoms with Crippen molar-refractivity contribution in [2.75, 3.05) is 66.6 Å². The largest absolute Gasteiger partial charge is 0.445 e. The number of Topliss-reactive ketones (excluding diaryl/α,β-unsaturated/α-hetero) is 4. The van der Waals surface area contributed by atoms with Crippen molar-refractivity contribution in [2.24, 2.45) is 53.1 Å². The first-order chi connectivity index (χ1) is 46.2. The zero-order valence-corrected chi connectivity index (χ0v) is 62.4. The first-order valence-electron chi connectivity index (χ1n) is 35.1. The SMILES string of the molecule is CC[C@H](C)[C@@H]([C@@H](CC(=O)N1CCC[C@H]1[C@H](OC)[C@@H](C)C(=O)C[C@H](C)[C@@H](O)c1ccccc1)OC)N(C)C.CSC1CC(=O)N(CCCCCC(=O)N[C@H](C(=O)C[C@@H](CCCNC(N)=O)C(=O)Nc2ccc(COC(=O)N(C)[C@H](C(=O)CC(C(C)=O)C(C)C)C(C)C)cc2)C(C)C)C1=O. The van der Waals surface area contributed by atoms with Crippen LogP contribution in [0.1, 0.15) is 183 Å². The van der Waals surface area contributed by atoms with Crippen LogP contribution in [0.4, 0.5) is 15.3 Å². The smallest absolute Gasteiger partial charge is 0.410 e. The van der Waals surface area contributed by atoms with E-state index in [4.69, 9.17) is 19.9 Å². The number of imide groups is 1. The fourth-order valence-corrected chi connectivity index (χ4v) is 14.1. The summed E-state index contributed by atoms with van der Waals surface area (Å²) in [5, 5.41) is 18.6. The third kappa shape index (κ3) is 26.8. The molecule has 0 bridgehead atoms. The molecule has 0 aromatic heterocycles. The molecule has 6 N–H and O–H groups in total. The Balaban J connectivity index is 0.000000575. The summed E-state index contributed by atoms with van der Waals surface area (Å²) in [4.78, 5) is 148. The molecule has 8 amide bonds. The van der Waals surface area contributed by atoms with Crippen molar-refractivity contribution < 1.29 is 72.1 Å². The molecule has 2 saturated heterocycles. The first kappa shape index (κ1) is 85.6. The van der Waals surface area contributed by atoms with Gasteiger partial charge in [-0.15, -0.1) is 0 Å². The third-order valence-corrected chi connectivity index (χ3v) is 20.2. The second-order valence-corrected chi connectivity index (χ2v) is 29.0. The van der Waals surface area contributed by atoms with Crippen LogP contribution in [-0.2, 0) is 64.0 Å². The Hall–Kier alpha value is -6.60. The number of amides is 8. The van der Waals surface area contributed by atoms with Crippen molar-refractivity contribution >= 4 is 82.2 Å². The molecule has 0 aliphatic carbocycles. The first-order valence-corrected chi connectivity index (χ1v) is 36.4. The van der Waals surface area contributed by atoms with E-state index >= 15 is 0 Å². The van der Waals surface area contributed by atoms with Crippen molar-refractivity contribution in [3.05, 3.63) is 65.7 Å². The van der Waals surface area contributed by atoms with Gasteiger partial charge in [-0.3, -0.25) is 48.1 Å². The highest BCUT2D eigenvalue weighted by atomic mass is 32.2. The molecule has 2 aliphatic heterocycles. The van der Waals surface area contributed by atoms with Gasteiger partial charge in [0.15, 0.2) is 11.6 Å². The maximum atomic E-state index is 13.7. The quantitative estimate of drug-likeness (QED) is 0.0305. The summed E-state index contributed by atoms with van der Waals surface area (Å²) < 4.78 is 17.2. The number of nitrogens with two attached hydrogens (primary N) is 1. The van der Waals surface area contributed by atoms with Gasteiger partial charge >= 0.3 is 12.1 Å². The van der Waals surface area contributed by atoms with E-state index in [1.807, 2.05) is 90.9 Å². The number of methoxy groups -OCH3 is 2. The van der Waals surface area contributed by atoms with Crippen LogP contribution in [0.5, 0.6) is 0 Å². The summed E-state index contributed by atoms with van der Waals surface area (Å²) in [5.41, 5.74) is 7.06. The number of unbranched alkanes of at least 4 members (excludes halogenated alkanes) is 2. The minimum Gasteiger partial charge on any atom is -0.445 e. The number of carbonyl (C=O) groups is 11. The van der Waals surface area contributed by atoms with Gasteiger partial charge in [0.1, 0.15) is 18.2 Å². The Bertz CT molecular complexity index is 2900. The average molecular weight is 1390 g/mol. The molecule has 2 heterocycles. The number of benzene rings is 2. The molecule has 2 aromatic carbocycles. The molecule has 24 heteroatoms. The van der Waals surface area contributed by atoms with Crippen molar-refractivity contribution in [3.63, 3.8) is 0 Å².